The Morgan fingerprint density at radius 2 is 0.517 bits per heavy atom. The first-order chi connectivity index (χ1) is 69.4. The van der Waals surface area contributed by atoms with E-state index in [9.17, 15) is 67.9 Å². The van der Waals surface area contributed by atoms with Gasteiger partial charge < -0.3 is 28.1 Å². The minimum absolute atomic E-state index is 0.00904. The zero-order valence-corrected chi connectivity index (χ0v) is 86.1. The molecule has 40 heteroatoms. The molecule has 145 heavy (non-hydrogen) atoms. The standard InChI is InChI=1S/4C21H20ClF2N3OS.C21H21F2N3O2S/c4*1-12(28)27-21(29-20(26-27)17-11-16(23)6-7-19(17)24)14(8-9-25)4-2-13-3-5-15(22)10-18(13)21;1-13(27)26-21(29-20(25-26)17-12-16(22)8-9-19(17)23)15(10-11-24-28)7-6-14-4-2-3-5-18(14)21/h4*3,5-7,10-11,14H,2,4,8-9,25H2,1H3;2-5,8-9,12,15,24,28H,6-7,10-11H2,1H3/t2*14-,21+;2*14-,21-;15-,21+/m10101/s1. The highest BCUT2D eigenvalue weighted by Crippen LogP contribution is 2.64. The maximum absolute atomic E-state index is 14.5. The molecule has 5 heterocycles. The van der Waals surface area contributed by atoms with Gasteiger partial charge in [0.1, 0.15) is 108 Å². The summed E-state index contributed by atoms with van der Waals surface area (Å²) >= 11 is 31.6. The molecule has 10 aromatic carbocycles. The predicted octanol–water partition coefficient (Wildman–Crippen LogP) is 22.6. The zero-order chi connectivity index (χ0) is 104. The molecule has 0 aromatic heterocycles. The second-order valence-corrected chi connectivity index (χ2v) is 44.2. The number of nitrogens with zero attached hydrogens (tertiary/aromatic N) is 10. The van der Waals surface area contributed by atoms with Crippen LogP contribution < -0.4 is 28.4 Å². The van der Waals surface area contributed by atoms with Crippen molar-refractivity contribution in [2.24, 2.45) is 78.0 Å². The number of amides is 5. The number of carbonyl (C=O) groups excluding carboxylic acids is 5. The normalized spacial score (nSPS) is 23.3. The second kappa shape index (κ2) is 45.1. The van der Waals surface area contributed by atoms with Gasteiger partial charge >= 0.3 is 0 Å². The van der Waals surface area contributed by atoms with Crippen LogP contribution in [0.2, 0.25) is 20.1 Å². The molecular weight excluding hydrogens is 2060 g/mol. The van der Waals surface area contributed by atoms with Crippen LogP contribution in [0, 0.1) is 87.8 Å². The number of rotatable bonds is 16. The Morgan fingerprint density at radius 3 is 0.731 bits per heavy atom. The van der Waals surface area contributed by atoms with E-state index in [-0.39, 0.29) is 112 Å². The van der Waals surface area contributed by atoms with Gasteiger partial charge in [0.25, 0.3) is 0 Å². The Morgan fingerprint density at radius 1 is 0.310 bits per heavy atom. The molecule has 5 spiro atoms. The van der Waals surface area contributed by atoms with Crippen molar-refractivity contribution >= 4 is 160 Å². The van der Waals surface area contributed by atoms with Crippen LogP contribution in [0.1, 0.15) is 182 Å². The molecule has 5 amide bonds. The van der Waals surface area contributed by atoms with Crippen LogP contribution in [-0.2, 0) is 80.4 Å². The summed E-state index contributed by atoms with van der Waals surface area (Å²) in [6, 6.07) is 46.6. The lowest BCUT2D eigenvalue weighted by Crippen LogP contribution is -2.49. The number of hydrogen-bond donors (Lipinski definition) is 6. The molecule has 0 saturated heterocycles. The van der Waals surface area contributed by atoms with Gasteiger partial charge in [0.15, 0.2) is 0 Å². The third-order valence-corrected chi connectivity index (χ3v) is 36.2. The number of benzene rings is 10. The SMILES string of the molecule is CC(=O)N1N=C(c2cc(F)ccc2F)S[C@@]12c1cc(Cl)ccc1CC[C@@H]2CCN.CC(=O)N1N=C(c2cc(F)ccc2F)S[C@@]12c1cc(Cl)ccc1CC[C@H]2CCN.CC(=O)N1N=C(c2cc(F)ccc2F)S[C@@]12c1ccccc1CC[C@@H]2CCNO.CC(=O)N1N=C(c2cc(F)ccc2F)S[C@]12c1cc(Cl)ccc1CC[C@@H]2CCN.CC(=O)N1N=C(c2cc(F)ccc2F)S[C@]12c1cc(Cl)ccc1CC[C@H]2CCN. The van der Waals surface area contributed by atoms with Gasteiger partial charge in [-0.15, -0.1) is 0 Å². The van der Waals surface area contributed by atoms with Gasteiger partial charge in [-0.2, -0.15) is 25.5 Å². The number of halogens is 14. The van der Waals surface area contributed by atoms with Crippen molar-refractivity contribution in [3.05, 3.63) is 350 Å². The summed E-state index contributed by atoms with van der Waals surface area (Å²) in [6.45, 7) is 9.25. The molecule has 0 unspecified atom stereocenters. The first-order valence-corrected chi connectivity index (χ1v) is 52.6. The van der Waals surface area contributed by atoms with E-state index < -0.39 is 82.5 Å². The van der Waals surface area contributed by atoms with Crippen LogP contribution in [0.3, 0.4) is 0 Å². The molecule has 0 radical (unpaired) electrons. The molecule has 10 N–H and O–H groups in total. The van der Waals surface area contributed by atoms with Crippen molar-refractivity contribution in [3.8, 4) is 0 Å². The van der Waals surface area contributed by atoms with E-state index >= 15 is 0 Å². The molecule has 5 aliphatic carbocycles. The molecule has 10 atom stereocenters. The van der Waals surface area contributed by atoms with E-state index in [0.29, 0.717) is 84.9 Å². The van der Waals surface area contributed by atoms with Crippen LogP contribution in [0.15, 0.2) is 214 Å². The lowest BCUT2D eigenvalue weighted by Gasteiger charge is -2.45. The lowest BCUT2D eigenvalue weighted by molar-refractivity contribution is -0.135. The van der Waals surface area contributed by atoms with Crippen LogP contribution in [0.25, 0.3) is 0 Å². The highest BCUT2D eigenvalue weighted by Gasteiger charge is 2.62. The maximum atomic E-state index is 14.5. The summed E-state index contributed by atoms with van der Waals surface area (Å²) in [7, 11) is 0. The lowest BCUT2D eigenvalue weighted by atomic mass is 9.77. The molecule has 0 bridgehead atoms. The van der Waals surface area contributed by atoms with Crippen molar-refractivity contribution in [2.45, 2.75) is 155 Å². The van der Waals surface area contributed by atoms with Crippen molar-refractivity contribution < 1.29 is 73.1 Å². The number of hydrazone groups is 5. The first-order valence-electron chi connectivity index (χ1n) is 47.0. The molecule has 10 aromatic rings. The van der Waals surface area contributed by atoms with E-state index in [1.165, 1.54) is 118 Å². The largest absolute Gasteiger partial charge is 0.330 e. The highest BCUT2D eigenvalue weighted by atomic mass is 35.5. The second-order valence-electron chi connectivity index (χ2n) is 36.3. The van der Waals surface area contributed by atoms with Crippen LogP contribution in [0.5, 0.6) is 0 Å². The summed E-state index contributed by atoms with van der Waals surface area (Å²) in [5, 5.41) is 42.1. The molecule has 760 valence electrons. The van der Waals surface area contributed by atoms with E-state index in [2.05, 4.69) is 31.0 Å². The molecule has 5 aliphatic heterocycles. The number of hydrogen-bond acceptors (Lipinski definition) is 21. The summed E-state index contributed by atoms with van der Waals surface area (Å²) < 4.78 is 142. The van der Waals surface area contributed by atoms with Crippen molar-refractivity contribution in [1.29, 1.82) is 0 Å². The Bertz CT molecular complexity index is 6260. The third kappa shape index (κ3) is 20.9. The van der Waals surface area contributed by atoms with Gasteiger partial charge in [0.05, 0.1) is 0 Å². The number of nitrogens with two attached hydrogens (primary N) is 4. The predicted molar refractivity (Wildman–Crippen MR) is 554 cm³/mol. The van der Waals surface area contributed by atoms with Gasteiger partial charge in [0.2, 0.25) is 29.5 Å². The van der Waals surface area contributed by atoms with Crippen molar-refractivity contribution in [2.75, 3.05) is 32.7 Å². The Balaban J connectivity index is 0.000000130. The number of aryl methyl sites for hydroxylation is 5. The molecule has 10 aliphatic rings. The highest BCUT2D eigenvalue weighted by molar-refractivity contribution is 8.16. The Kier molecular flexibility index (Phi) is 33.5. The van der Waals surface area contributed by atoms with E-state index in [1.807, 2.05) is 97.1 Å². The van der Waals surface area contributed by atoms with Gasteiger partial charge in [-0.05, 0) is 347 Å². The minimum atomic E-state index is -0.891. The zero-order valence-electron chi connectivity index (χ0n) is 79.0. The van der Waals surface area contributed by atoms with Gasteiger partial charge in [0, 0.05) is 89.1 Å². The number of carbonyl (C=O) groups is 5. The van der Waals surface area contributed by atoms with Crippen LogP contribution >= 0.6 is 105 Å². The van der Waals surface area contributed by atoms with E-state index in [4.69, 9.17) is 74.5 Å². The fourth-order valence-corrected chi connectivity index (χ4v) is 30.2. The minimum Gasteiger partial charge on any atom is -0.330 e. The van der Waals surface area contributed by atoms with E-state index in [1.54, 1.807) is 0 Å². The average molecular weight is 2160 g/mol. The monoisotopic (exact) mass is 2160 g/mol. The number of nitrogens with one attached hydrogen (secondary N) is 1. The summed E-state index contributed by atoms with van der Waals surface area (Å²) in [5.41, 5.74) is 35.8. The molecule has 0 saturated carbocycles. The molecule has 0 fully saturated rings. The number of thioether (sulfide) groups is 5. The third-order valence-electron chi connectivity index (χ3n) is 27.6. The van der Waals surface area contributed by atoms with Gasteiger partial charge in [-0.3, -0.25) is 24.0 Å². The Labute approximate surface area is 872 Å². The van der Waals surface area contributed by atoms with Crippen molar-refractivity contribution in [1.82, 2.24) is 30.5 Å². The molecular formula is C105H101Cl4F10N15O6S5. The smallest absolute Gasteiger partial charge is 0.241 e. The maximum Gasteiger partial charge on any atom is 0.241 e. The fourth-order valence-electron chi connectivity index (χ4n) is 21.3. The number of fused-ring (bicyclic) bond motifs is 10. The topological polar surface area (TPSA) is 300 Å². The Hall–Kier alpha value is -10.1. The average Bonchev–Trinajstić information content (AvgIpc) is 1.60. The van der Waals surface area contributed by atoms with Crippen molar-refractivity contribution in [3.63, 3.8) is 0 Å². The van der Waals surface area contributed by atoms with E-state index in [0.717, 1.165) is 211 Å². The van der Waals surface area contributed by atoms with Gasteiger partial charge in [-0.25, -0.2) is 74.4 Å². The van der Waals surface area contributed by atoms with Crippen LogP contribution in [-0.4, -0.2) is 118 Å². The summed E-state index contributed by atoms with van der Waals surface area (Å²) in [4.78, 5) is 58.9. The quantitative estimate of drug-likeness (QED) is 0.0387. The summed E-state index contributed by atoms with van der Waals surface area (Å²) in [6.07, 6.45) is 11.4. The number of hydroxylamine groups is 1. The molecule has 21 nitrogen and oxygen atoms in total. The molecule has 20 rings (SSSR count). The fraction of sp³-hybridized carbons (Fsp3) is 0.333. The van der Waals surface area contributed by atoms with Crippen LogP contribution in [0.4, 0.5) is 43.9 Å². The summed E-state index contributed by atoms with van der Waals surface area (Å²) in [5.74, 6) is -7.22. The first kappa shape index (κ1) is 108. The van der Waals surface area contributed by atoms with Gasteiger partial charge in [-0.1, -0.05) is 154 Å².